The summed E-state index contributed by atoms with van der Waals surface area (Å²) in [6, 6.07) is 13.2. The Morgan fingerprint density at radius 1 is 0.829 bits per heavy atom. The molecule has 0 bridgehead atoms. The normalized spacial score (nSPS) is 10.9. The Labute approximate surface area is 206 Å². The topological polar surface area (TPSA) is 48.4 Å². The summed E-state index contributed by atoms with van der Waals surface area (Å²) in [6.45, 7) is 4.94. The fourth-order valence-corrected chi connectivity index (χ4v) is 3.75. The molecule has 0 spiro atoms. The van der Waals surface area contributed by atoms with E-state index in [1.54, 1.807) is 12.1 Å². The molecule has 0 saturated heterocycles. The van der Waals surface area contributed by atoms with E-state index >= 15 is 0 Å². The molecule has 0 aliphatic rings. The minimum Gasteiger partial charge on any atom is -0.494 e. The molecule has 35 heavy (non-hydrogen) atoms. The lowest BCUT2D eigenvalue weighted by Crippen LogP contribution is -2.14. The van der Waals surface area contributed by atoms with Crippen LogP contribution in [0.5, 0.6) is 11.5 Å². The Morgan fingerprint density at radius 2 is 1.49 bits per heavy atom. The molecule has 0 aliphatic heterocycles. The van der Waals surface area contributed by atoms with Crippen molar-refractivity contribution in [1.82, 2.24) is 4.98 Å². The lowest BCUT2D eigenvalue weighted by atomic mass is 10.0. The fourth-order valence-electron chi connectivity index (χ4n) is 3.75. The van der Waals surface area contributed by atoms with Crippen LogP contribution in [-0.4, -0.2) is 17.6 Å². The van der Waals surface area contributed by atoms with E-state index in [4.69, 9.17) is 9.47 Å². The summed E-state index contributed by atoms with van der Waals surface area (Å²) in [4.78, 5) is 16.8. The number of carbonyl (C=O) groups excluding carboxylic acids is 1. The van der Waals surface area contributed by atoms with Crippen LogP contribution in [0.1, 0.15) is 74.7 Å². The number of ether oxygens (including phenoxy) is 2. The standard InChI is InChI=1S/C29H33F2NO3/c1-3-5-7-8-10-21-18-25(30)28(26(31)19-21)29(33)35-24-15-16-27(32-20-24)22-11-13-23(14-12-22)34-17-9-6-4-2/h11-16,18-20H,3-10,17H2,1-2H3. The maximum Gasteiger partial charge on any atom is 0.349 e. The van der Waals surface area contributed by atoms with Crippen molar-refractivity contribution in [2.24, 2.45) is 0 Å². The van der Waals surface area contributed by atoms with Crippen LogP contribution in [0.25, 0.3) is 11.3 Å². The van der Waals surface area contributed by atoms with Gasteiger partial charge in [0, 0.05) is 5.56 Å². The molecule has 1 aromatic heterocycles. The zero-order valence-corrected chi connectivity index (χ0v) is 20.5. The van der Waals surface area contributed by atoms with E-state index in [1.807, 2.05) is 24.3 Å². The van der Waals surface area contributed by atoms with Gasteiger partial charge in [0.2, 0.25) is 0 Å². The SMILES string of the molecule is CCCCCCc1cc(F)c(C(=O)Oc2ccc(-c3ccc(OCCCCC)cc3)nc2)c(F)c1. The van der Waals surface area contributed by atoms with Crippen molar-refractivity contribution in [3.8, 4) is 22.8 Å². The number of hydrogen-bond donors (Lipinski definition) is 0. The highest BCUT2D eigenvalue weighted by Gasteiger charge is 2.21. The molecule has 0 aliphatic carbocycles. The average molecular weight is 482 g/mol. The highest BCUT2D eigenvalue weighted by atomic mass is 19.1. The zero-order chi connectivity index (χ0) is 25.0. The second-order valence-corrected chi connectivity index (χ2v) is 8.59. The van der Waals surface area contributed by atoms with Crippen LogP contribution < -0.4 is 9.47 Å². The fraction of sp³-hybridized carbons (Fsp3) is 0.379. The van der Waals surface area contributed by atoms with E-state index in [9.17, 15) is 13.6 Å². The number of aromatic nitrogens is 1. The summed E-state index contributed by atoms with van der Waals surface area (Å²) in [5, 5.41) is 0. The minimum atomic E-state index is -1.09. The molecular formula is C29H33F2NO3. The quantitative estimate of drug-likeness (QED) is 0.184. The summed E-state index contributed by atoms with van der Waals surface area (Å²) in [6.07, 6.45) is 9.27. The molecule has 3 aromatic rings. The van der Waals surface area contributed by atoms with Crippen LogP contribution in [-0.2, 0) is 6.42 Å². The summed E-state index contributed by atoms with van der Waals surface area (Å²) < 4.78 is 39.9. The van der Waals surface area contributed by atoms with Gasteiger partial charge in [-0.05, 0) is 73.4 Å². The monoisotopic (exact) mass is 481 g/mol. The van der Waals surface area contributed by atoms with Gasteiger partial charge >= 0.3 is 5.97 Å². The molecule has 0 atom stereocenters. The maximum absolute atomic E-state index is 14.5. The Bertz CT molecular complexity index is 1060. The van der Waals surface area contributed by atoms with Gasteiger partial charge in [0.15, 0.2) is 0 Å². The van der Waals surface area contributed by atoms with Crippen LogP contribution in [0.15, 0.2) is 54.7 Å². The molecule has 2 aromatic carbocycles. The second-order valence-electron chi connectivity index (χ2n) is 8.59. The number of carbonyl (C=O) groups is 1. The third kappa shape index (κ3) is 7.88. The number of esters is 1. The summed E-state index contributed by atoms with van der Waals surface area (Å²) >= 11 is 0. The van der Waals surface area contributed by atoms with Gasteiger partial charge in [0.1, 0.15) is 28.7 Å². The minimum absolute atomic E-state index is 0.108. The van der Waals surface area contributed by atoms with Crippen molar-refractivity contribution in [2.45, 2.75) is 65.2 Å². The van der Waals surface area contributed by atoms with E-state index in [0.29, 0.717) is 24.3 Å². The molecular weight excluding hydrogens is 448 g/mol. The first-order chi connectivity index (χ1) is 17.0. The third-order valence-electron chi connectivity index (χ3n) is 5.74. The molecule has 0 radical (unpaired) electrons. The largest absolute Gasteiger partial charge is 0.494 e. The molecule has 1 heterocycles. The van der Waals surface area contributed by atoms with Crippen molar-refractivity contribution < 1.29 is 23.0 Å². The van der Waals surface area contributed by atoms with Crippen molar-refractivity contribution >= 4 is 5.97 Å². The molecule has 0 unspecified atom stereocenters. The van der Waals surface area contributed by atoms with Crippen LogP contribution in [0.3, 0.4) is 0 Å². The lowest BCUT2D eigenvalue weighted by molar-refractivity contribution is 0.0724. The van der Waals surface area contributed by atoms with E-state index in [0.717, 1.165) is 56.3 Å². The van der Waals surface area contributed by atoms with E-state index in [-0.39, 0.29) is 5.75 Å². The van der Waals surface area contributed by atoms with Gasteiger partial charge in [-0.1, -0.05) is 46.0 Å². The lowest BCUT2D eigenvalue weighted by Gasteiger charge is -2.09. The number of nitrogens with zero attached hydrogens (tertiary/aromatic N) is 1. The summed E-state index contributed by atoms with van der Waals surface area (Å²) in [5.41, 5.74) is 1.39. The Kier molecular flexibility index (Phi) is 10.2. The highest BCUT2D eigenvalue weighted by molar-refractivity contribution is 5.91. The number of benzene rings is 2. The Morgan fingerprint density at radius 3 is 2.11 bits per heavy atom. The van der Waals surface area contributed by atoms with Crippen LogP contribution in [0.2, 0.25) is 0 Å². The highest BCUT2D eigenvalue weighted by Crippen LogP contribution is 2.24. The van der Waals surface area contributed by atoms with Gasteiger partial charge in [-0.25, -0.2) is 13.6 Å². The van der Waals surface area contributed by atoms with Gasteiger partial charge in [0.05, 0.1) is 18.5 Å². The van der Waals surface area contributed by atoms with E-state index < -0.39 is 23.2 Å². The first kappa shape index (κ1) is 26.3. The summed E-state index contributed by atoms with van der Waals surface area (Å²) in [7, 11) is 0. The predicted molar refractivity (Wildman–Crippen MR) is 134 cm³/mol. The van der Waals surface area contributed by atoms with Crippen LogP contribution in [0, 0.1) is 11.6 Å². The van der Waals surface area contributed by atoms with Gasteiger partial charge in [0.25, 0.3) is 0 Å². The number of halogens is 2. The van der Waals surface area contributed by atoms with Gasteiger partial charge in [-0.15, -0.1) is 0 Å². The Balaban J connectivity index is 1.60. The van der Waals surface area contributed by atoms with Crippen molar-refractivity contribution in [1.29, 1.82) is 0 Å². The Hall–Kier alpha value is -3.28. The molecule has 0 N–H and O–H groups in total. The average Bonchev–Trinajstić information content (AvgIpc) is 2.85. The van der Waals surface area contributed by atoms with E-state index in [1.165, 1.54) is 18.3 Å². The molecule has 186 valence electrons. The van der Waals surface area contributed by atoms with Gasteiger partial charge in [-0.3, -0.25) is 4.98 Å². The number of aryl methyl sites for hydroxylation is 1. The van der Waals surface area contributed by atoms with Crippen molar-refractivity contribution in [3.05, 3.63) is 77.5 Å². The smallest absolute Gasteiger partial charge is 0.349 e. The van der Waals surface area contributed by atoms with Crippen LogP contribution >= 0.6 is 0 Å². The second kappa shape index (κ2) is 13.6. The number of hydrogen-bond acceptors (Lipinski definition) is 4. The molecule has 0 saturated carbocycles. The molecule has 0 amide bonds. The van der Waals surface area contributed by atoms with Crippen LogP contribution in [0.4, 0.5) is 8.78 Å². The first-order valence-corrected chi connectivity index (χ1v) is 12.4. The first-order valence-electron chi connectivity index (χ1n) is 12.4. The number of rotatable bonds is 13. The van der Waals surface area contributed by atoms with Crippen molar-refractivity contribution in [2.75, 3.05) is 6.61 Å². The van der Waals surface area contributed by atoms with Crippen molar-refractivity contribution in [3.63, 3.8) is 0 Å². The van der Waals surface area contributed by atoms with E-state index in [2.05, 4.69) is 18.8 Å². The third-order valence-corrected chi connectivity index (χ3v) is 5.74. The zero-order valence-electron chi connectivity index (χ0n) is 20.5. The number of unbranched alkanes of at least 4 members (excludes halogenated alkanes) is 5. The molecule has 4 nitrogen and oxygen atoms in total. The molecule has 6 heteroatoms. The molecule has 3 rings (SSSR count). The maximum atomic E-state index is 14.5. The van der Waals surface area contributed by atoms with Gasteiger partial charge < -0.3 is 9.47 Å². The molecule has 0 fully saturated rings. The number of pyridine rings is 1. The summed E-state index contributed by atoms with van der Waals surface area (Å²) in [5.74, 6) is -2.01. The predicted octanol–water partition coefficient (Wildman–Crippen LogP) is 7.94. The van der Waals surface area contributed by atoms with Gasteiger partial charge in [-0.2, -0.15) is 0 Å².